The Bertz CT molecular complexity index is 157. The summed E-state index contributed by atoms with van der Waals surface area (Å²) in [7, 11) is 0. The maximum absolute atomic E-state index is 2.61. The topological polar surface area (TPSA) is 3.24 Å². The second-order valence-electron chi connectivity index (χ2n) is 4.15. The summed E-state index contributed by atoms with van der Waals surface area (Å²) in [6.45, 7) is 6.09. The zero-order valence-electron chi connectivity index (χ0n) is 9.18. The van der Waals surface area contributed by atoms with Gasteiger partial charge in [0.1, 0.15) is 0 Å². The molecular formula is C11H20LiN. The third-order valence-electron chi connectivity index (χ3n) is 2.72. The summed E-state index contributed by atoms with van der Waals surface area (Å²) in [6, 6.07) is 0. The molecule has 0 aromatic rings. The van der Waals surface area contributed by atoms with E-state index >= 15 is 0 Å². The maximum atomic E-state index is 2.61. The molecule has 1 fully saturated rings. The molecule has 0 aromatic heterocycles. The van der Waals surface area contributed by atoms with E-state index in [1.807, 2.05) is 0 Å². The number of hydrogen-bond donors (Lipinski definition) is 0. The van der Waals surface area contributed by atoms with Crippen LogP contribution in [0.25, 0.3) is 0 Å². The molecule has 1 aliphatic rings. The summed E-state index contributed by atoms with van der Waals surface area (Å²) in [5, 5.41) is 1.18. The molecule has 0 aliphatic carbocycles. The molecule has 0 atom stereocenters. The Kier molecular flexibility index (Phi) is 5.87. The van der Waals surface area contributed by atoms with Gasteiger partial charge < -0.3 is 0 Å². The van der Waals surface area contributed by atoms with E-state index in [1.54, 1.807) is 5.57 Å². The average Bonchev–Trinajstić information content (AvgIpc) is 2.33. The van der Waals surface area contributed by atoms with Crippen LogP contribution < -0.4 is 0 Å². The summed E-state index contributed by atoms with van der Waals surface area (Å²) < 4.78 is 0. The summed E-state index contributed by atoms with van der Waals surface area (Å²) in [6.07, 6.45) is 8.03. The molecular weight excluding hydrogens is 153 g/mol. The van der Waals surface area contributed by atoms with Gasteiger partial charge in [-0.15, -0.1) is 0 Å². The van der Waals surface area contributed by atoms with E-state index < -0.39 is 0 Å². The monoisotopic (exact) mass is 173 g/mol. The molecule has 0 spiro atoms. The van der Waals surface area contributed by atoms with Crippen molar-refractivity contribution >= 4 is 17.7 Å². The molecule has 0 N–H and O–H groups in total. The van der Waals surface area contributed by atoms with Gasteiger partial charge >= 0.3 is 91.6 Å². The molecule has 2 heteroatoms. The van der Waals surface area contributed by atoms with Gasteiger partial charge in [0, 0.05) is 0 Å². The van der Waals surface area contributed by atoms with Gasteiger partial charge in [-0.2, -0.15) is 0 Å². The Morgan fingerprint density at radius 2 is 1.85 bits per heavy atom. The fourth-order valence-electron chi connectivity index (χ4n) is 2.06. The fourth-order valence-corrected chi connectivity index (χ4v) is 2.06. The molecule has 0 amide bonds. The van der Waals surface area contributed by atoms with Crippen molar-refractivity contribution in [3.05, 3.63) is 11.6 Å². The van der Waals surface area contributed by atoms with Crippen LogP contribution in [0.15, 0.2) is 11.6 Å². The first kappa shape index (κ1) is 11.4. The second kappa shape index (κ2) is 6.71. The second-order valence-corrected chi connectivity index (χ2v) is 4.15. The van der Waals surface area contributed by atoms with Gasteiger partial charge in [0.15, 0.2) is 0 Å². The molecule has 1 rings (SSSR count). The number of allylic oxidation sites excluding steroid dienone is 1. The average molecular weight is 173 g/mol. The van der Waals surface area contributed by atoms with Gasteiger partial charge in [0.2, 0.25) is 0 Å². The Balaban J connectivity index is 2.29. The van der Waals surface area contributed by atoms with Crippen molar-refractivity contribution in [3.8, 4) is 0 Å². The van der Waals surface area contributed by atoms with E-state index in [9.17, 15) is 0 Å². The Morgan fingerprint density at radius 1 is 1.23 bits per heavy atom. The van der Waals surface area contributed by atoms with Crippen molar-refractivity contribution in [1.82, 2.24) is 4.90 Å². The molecule has 0 radical (unpaired) electrons. The normalized spacial score (nSPS) is 21.6. The van der Waals surface area contributed by atoms with Crippen molar-refractivity contribution in [2.24, 2.45) is 0 Å². The fraction of sp³-hybridized carbons (Fsp3) is 0.818. The van der Waals surface area contributed by atoms with Crippen LogP contribution in [0.3, 0.4) is 0 Å². The zero-order chi connectivity index (χ0) is 9.52. The van der Waals surface area contributed by atoms with Crippen molar-refractivity contribution in [2.45, 2.75) is 37.7 Å². The van der Waals surface area contributed by atoms with E-state index in [4.69, 9.17) is 0 Å². The Morgan fingerprint density at radius 3 is 2.38 bits per heavy atom. The van der Waals surface area contributed by atoms with Crippen LogP contribution in [0.4, 0.5) is 0 Å². The molecule has 0 bridgehead atoms. The number of hydrogen-bond acceptors (Lipinski definition) is 1. The van der Waals surface area contributed by atoms with Gasteiger partial charge in [-0.1, -0.05) is 0 Å². The molecule has 1 aliphatic heterocycles. The number of likely N-dealkylation sites (tertiary alicyclic amines) is 1. The van der Waals surface area contributed by atoms with Crippen molar-refractivity contribution in [2.75, 3.05) is 19.6 Å². The quantitative estimate of drug-likeness (QED) is 0.468. The van der Waals surface area contributed by atoms with Crippen LogP contribution >= 0.6 is 0 Å². The van der Waals surface area contributed by atoms with Gasteiger partial charge in [-0.25, -0.2) is 0 Å². The molecule has 13 heavy (non-hydrogen) atoms. The van der Waals surface area contributed by atoms with Crippen LogP contribution in [-0.2, 0) is 0 Å². The van der Waals surface area contributed by atoms with Gasteiger partial charge in [0.25, 0.3) is 0 Å². The van der Waals surface area contributed by atoms with Crippen molar-refractivity contribution < 1.29 is 0 Å². The van der Waals surface area contributed by atoms with Crippen LogP contribution in [0, 0.1) is 0 Å². The zero-order valence-corrected chi connectivity index (χ0v) is 9.18. The standard InChI is InChI=1S/C11H20N.Li/c1-3-11(2)10-12-8-6-4-5-7-9-12;/h3H,1,4-10H2,2H3;. The summed E-state index contributed by atoms with van der Waals surface area (Å²) in [4.78, 5) is 2.61. The number of nitrogens with zero attached hydrogens (tertiary/aromatic N) is 1. The first-order chi connectivity index (χ1) is 6.33. The molecule has 1 nitrogen and oxygen atoms in total. The van der Waals surface area contributed by atoms with Crippen molar-refractivity contribution in [1.29, 1.82) is 0 Å². The third kappa shape index (κ3) is 4.91. The summed E-state index contributed by atoms with van der Waals surface area (Å²) in [5.74, 6) is 0. The first-order valence-electron chi connectivity index (χ1n) is 5.71. The predicted molar refractivity (Wildman–Crippen MR) is 59.2 cm³/mol. The van der Waals surface area contributed by atoms with Crippen molar-refractivity contribution in [3.63, 3.8) is 0 Å². The Hall–Kier alpha value is 0.297. The minimum absolute atomic E-state index is 1.18. The van der Waals surface area contributed by atoms with Crippen LogP contribution in [0.5, 0.6) is 0 Å². The summed E-state index contributed by atoms with van der Waals surface area (Å²) >= 11 is 2.21. The molecule has 0 saturated carbocycles. The van der Waals surface area contributed by atoms with Crippen LogP contribution in [0.2, 0.25) is 5.09 Å². The first-order valence-corrected chi connectivity index (χ1v) is 5.71. The molecule has 1 saturated heterocycles. The van der Waals surface area contributed by atoms with Crippen LogP contribution in [0.1, 0.15) is 32.6 Å². The van der Waals surface area contributed by atoms with Gasteiger partial charge in [-0.3, -0.25) is 0 Å². The minimum atomic E-state index is 1.18. The molecule has 70 valence electrons. The van der Waals surface area contributed by atoms with Gasteiger partial charge in [0.05, 0.1) is 0 Å². The number of rotatable bonds is 3. The van der Waals surface area contributed by atoms with Gasteiger partial charge in [-0.05, 0) is 0 Å². The van der Waals surface area contributed by atoms with E-state index in [-0.39, 0.29) is 0 Å². The van der Waals surface area contributed by atoms with E-state index in [0.717, 1.165) is 0 Å². The Labute approximate surface area is 91.8 Å². The van der Waals surface area contributed by atoms with E-state index in [0.29, 0.717) is 0 Å². The van der Waals surface area contributed by atoms with Crippen LogP contribution in [-0.4, -0.2) is 42.2 Å². The molecule has 0 aromatic carbocycles. The molecule has 1 heterocycles. The predicted octanol–water partition coefficient (Wildman–Crippen LogP) is 2.40. The van der Waals surface area contributed by atoms with E-state index in [2.05, 4.69) is 35.6 Å². The molecule has 0 unspecified atom stereocenters. The van der Waals surface area contributed by atoms with E-state index in [1.165, 1.54) is 50.4 Å². The SMILES string of the molecule is [Li][CH2]C=C(C)CN1CCCCCC1. The third-order valence-corrected chi connectivity index (χ3v) is 2.72. The summed E-state index contributed by atoms with van der Waals surface area (Å²) in [5.41, 5.74) is 1.55.